The van der Waals surface area contributed by atoms with Crippen molar-refractivity contribution in [3.63, 3.8) is 0 Å². The Labute approximate surface area is 530 Å². The number of fused-ring (bicyclic) bond motifs is 4. The molecule has 0 aliphatic carbocycles. The van der Waals surface area contributed by atoms with Gasteiger partial charge in [0, 0.05) is 40.2 Å². The highest BCUT2D eigenvalue weighted by Crippen LogP contribution is 2.53. The van der Waals surface area contributed by atoms with Gasteiger partial charge in [0.1, 0.15) is 103 Å². The number of benzene rings is 1. The van der Waals surface area contributed by atoms with E-state index in [9.17, 15) is 50.1 Å². The minimum Gasteiger partial charge on any atom is -0.508 e. The van der Waals surface area contributed by atoms with E-state index < -0.39 is 218 Å². The Kier molecular flexibility index (Phi) is 20.5. The van der Waals surface area contributed by atoms with E-state index in [1.165, 1.54) is 48.2 Å². The molecule has 2 spiro atoms. The van der Waals surface area contributed by atoms with Gasteiger partial charge in [-0.1, -0.05) is 13.8 Å². The number of Topliss-reactive ketones (excluding diaryl/α,β-unsaturated/α-hetero) is 1. The molecule has 92 heavy (non-hydrogen) atoms. The summed E-state index contributed by atoms with van der Waals surface area (Å²) in [5.41, 5.74) is -3.23. The Morgan fingerprint density at radius 2 is 1.35 bits per heavy atom. The number of aliphatic hydroxyl groups is 5. The molecule has 1 aromatic carbocycles. The third kappa shape index (κ3) is 12.9. The molecular weight excluding hydrogens is 1230 g/mol. The van der Waals surface area contributed by atoms with E-state index in [0.717, 1.165) is 6.07 Å². The monoisotopic (exact) mass is 1320 g/mol. The van der Waals surface area contributed by atoms with Gasteiger partial charge >= 0.3 is 17.9 Å². The second kappa shape index (κ2) is 27.0. The summed E-state index contributed by atoms with van der Waals surface area (Å²) in [6.07, 6.45) is -32.5. The van der Waals surface area contributed by atoms with Gasteiger partial charge in [-0.25, -0.2) is 4.79 Å². The number of esters is 2. The van der Waals surface area contributed by atoms with Gasteiger partial charge in [-0.3, -0.25) is 9.59 Å². The second-order valence-corrected chi connectivity index (χ2v) is 25.9. The lowest BCUT2D eigenvalue weighted by Crippen LogP contribution is -2.72. The molecule has 0 bridgehead atoms. The molecule has 0 amide bonds. The largest absolute Gasteiger partial charge is 0.508 e. The van der Waals surface area contributed by atoms with Crippen molar-refractivity contribution in [1.29, 1.82) is 0 Å². The summed E-state index contributed by atoms with van der Waals surface area (Å²) in [5.74, 6) is -7.47. The number of methoxy groups -OCH3 is 3. The van der Waals surface area contributed by atoms with Gasteiger partial charge in [-0.2, -0.15) is 0 Å². The average molecular weight is 1320 g/mol. The first kappa shape index (κ1) is 69.8. The SMILES string of the molecule is COCC1OC(OC2OCC3OC4(OC3C2OC(=O)C(C)C)OC(C)C(O)(C(C)=O)C2OCOC24)C(OC)C(O)C1OC1OC(C)C(OC)C(OC2CC3(C)OC4(CC(O)C(OC5CC(O)C(OC(=O)c6c(C)cc(O)cc6O)C(C)O5)C(C)O4)OC3C(C)O2)C1O. The fourth-order valence-corrected chi connectivity index (χ4v) is 14.4. The standard InChI is InChI=1S/C60H88O32/c1-22(2)52(68)84-48-45-35(89-60(90-45)51-50(75-21-76-51)59(70,28(8)61)29(9)88-60)20-74-55(48)86-56-47(73-13)39(66)44(34(80-56)19-71-11)85-54-40(67)46(43(72-12)25(5)79-54)82-37-18-57(10)49(27(7)78-37)91-58(92-57)17-33(65)42(26(6)87-58)81-36-16-32(64)41(24(4)77-36)83-53(69)38-23(3)14-30(62)15-31(38)63/h14-15,22,24-27,29,32-37,39-51,54-56,62-67,70H,16-21H2,1-13H3. The summed E-state index contributed by atoms with van der Waals surface area (Å²) in [7, 11) is 4.10. The summed E-state index contributed by atoms with van der Waals surface area (Å²) in [4.78, 5) is 39.4. The fourth-order valence-electron chi connectivity index (χ4n) is 14.4. The van der Waals surface area contributed by atoms with Gasteiger partial charge in [0.05, 0.1) is 68.3 Å². The van der Waals surface area contributed by atoms with Gasteiger partial charge in [-0.15, -0.1) is 0 Å². The number of rotatable bonds is 17. The number of aryl methyl sites for hydroxylation is 1. The summed E-state index contributed by atoms with van der Waals surface area (Å²) in [5, 5.41) is 79.1. The van der Waals surface area contributed by atoms with Crippen LogP contribution in [-0.4, -0.2) is 284 Å². The number of hydrogen-bond acceptors (Lipinski definition) is 32. The molecule has 10 aliphatic heterocycles. The number of phenols is 2. The van der Waals surface area contributed by atoms with Gasteiger partial charge in [0.15, 0.2) is 54.9 Å². The lowest BCUT2D eigenvalue weighted by molar-refractivity contribution is -0.428. The average Bonchev–Trinajstić information content (AvgIpc) is 1.52. The number of ketones is 1. The third-order valence-electron chi connectivity index (χ3n) is 18.9. The normalized spacial score (nSPS) is 48.5. The van der Waals surface area contributed by atoms with Crippen molar-refractivity contribution in [3.05, 3.63) is 23.3 Å². The molecule has 10 heterocycles. The maximum Gasteiger partial charge on any atom is 0.342 e. The van der Waals surface area contributed by atoms with Crippen LogP contribution in [0.1, 0.15) is 97.5 Å². The zero-order chi connectivity index (χ0) is 66.4. The van der Waals surface area contributed by atoms with E-state index in [0.29, 0.717) is 0 Å². The molecule has 0 aromatic heterocycles. The molecule has 0 saturated carbocycles. The lowest BCUT2D eigenvalue weighted by Gasteiger charge is -2.49. The molecule has 7 N–H and O–H groups in total. The number of carbonyl (C=O) groups is 3. The molecule has 10 fully saturated rings. The second-order valence-electron chi connectivity index (χ2n) is 25.9. The van der Waals surface area contributed by atoms with E-state index in [1.54, 1.807) is 48.5 Å². The van der Waals surface area contributed by atoms with Crippen LogP contribution in [0, 0.1) is 12.8 Å². The van der Waals surface area contributed by atoms with E-state index in [4.69, 9.17) is 104 Å². The quantitative estimate of drug-likeness (QED) is 0.0962. The molecule has 32 heteroatoms. The van der Waals surface area contributed by atoms with E-state index in [1.807, 2.05) is 0 Å². The van der Waals surface area contributed by atoms with Gasteiger partial charge in [0.25, 0.3) is 5.97 Å². The van der Waals surface area contributed by atoms with Crippen molar-refractivity contribution in [3.8, 4) is 11.5 Å². The smallest absolute Gasteiger partial charge is 0.342 e. The number of aliphatic hydroxyl groups excluding tert-OH is 4. The van der Waals surface area contributed by atoms with Crippen molar-refractivity contribution in [2.45, 2.75) is 277 Å². The number of ether oxygens (including phenoxy) is 22. The van der Waals surface area contributed by atoms with E-state index >= 15 is 0 Å². The number of carbonyl (C=O) groups excluding carboxylic acids is 3. The maximum atomic E-state index is 13.4. The van der Waals surface area contributed by atoms with E-state index in [2.05, 4.69) is 0 Å². The van der Waals surface area contributed by atoms with Crippen molar-refractivity contribution >= 4 is 17.7 Å². The molecule has 10 aliphatic rings. The highest BCUT2D eigenvalue weighted by Gasteiger charge is 2.73. The number of aromatic hydroxyl groups is 2. The van der Waals surface area contributed by atoms with Crippen LogP contribution in [0.25, 0.3) is 0 Å². The summed E-state index contributed by atoms with van der Waals surface area (Å²) >= 11 is 0. The van der Waals surface area contributed by atoms with Crippen molar-refractivity contribution in [2.24, 2.45) is 5.92 Å². The molecule has 520 valence electrons. The van der Waals surface area contributed by atoms with Crippen LogP contribution in [-0.2, 0) is 114 Å². The zero-order valence-electron chi connectivity index (χ0n) is 53.4. The van der Waals surface area contributed by atoms with Gasteiger partial charge < -0.3 is 140 Å². The first-order valence-corrected chi connectivity index (χ1v) is 31.1. The Morgan fingerprint density at radius 1 is 0.652 bits per heavy atom. The minimum atomic E-state index is -2.12. The van der Waals surface area contributed by atoms with Gasteiger partial charge in [-0.05, 0) is 67.0 Å². The van der Waals surface area contributed by atoms with Crippen molar-refractivity contribution in [1.82, 2.24) is 0 Å². The van der Waals surface area contributed by atoms with Crippen LogP contribution < -0.4 is 0 Å². The first-order valence-electron chi connectivity index (χ1n) is 31.1. The fraction of sp³-hybridized carbons (Fsp3) is 0.850. The maximum absolute atomic E-state index is 13.4. The van der Waals surface area contributed by atoms with Gasteiger partial charge in [0.2, 0.25) is 6.29 Å². The Balaban J connectivity index is 0.725. The molecule has 32 nitrogen and oxygen atoms in total. The molecule has 10 saturated heterocycles. The predicted molar refractivity (Wildman–Crippen MR) is 298 cm³/mol. The Morgan fingerprint density at radius 3 is 2.01 bits per heavy atom. The molecule has 1 aromatic rings. The number of hydrogen-bond donors (Lipinski definition) is 7. The molecule has 11 rings (SSSR count). The lowest BCUT2D eigenvalue weighted by atomic mass is 9.81. The number of phenolic OH excluding ortho intramolecular Hbond substituents is 2. The van der Waals surface area contributed by atoms with Crippen LogP contribution in [0.15, 0.2) is 12.1 Å². The van der Waals surface area contributed by atoms with Crippen LogP contribution in [0.2, 0.25) is 0 Å². The predicted octanol–water partition coefficient (Wildman–Crippen LogP) is -0.558. The van der Waals surface area contributed by atoms with Crippen molar-refractivity contribution in [2.75, 3.05) is 41.3 Å². The molecule has 31 unspecified atom stereocenters. The van der Waals surface area contributed by atoms with Crippen molar-refractivity contribution < 1.29 is 154 Å². The van der Waals surface area contributed by atoms with Crippen LogP contribution in [0.4, 0.5) is 0 Å². The molecular formula is C60H88O32. The highest BCUT2D eigenvalue weighted by molar-refractivity contribution is 5.94. The third-order valence-corrected chi connectivity index (χ3v) is 18.9. The highest BCUT2D eigenvalue weighted by atomic mass is 16.9. The minimum absolute atomic E-state index is 0.00969. The molecule has 0 radical (unpaired) electrons. The Hall–Kier alpha value is -3.57. The Bertz CT molecular complexity index is 2730. The van der Waals surface area contributed by atoms with Crippen LogP contribution in [0.3, 0.4) is 0 Å². The van der Waals surface area contributed by atoms with E-state index in [-0.39, 0.29) is 56.1 Å². The van der Waals surface area contributed by atoms with Crippen LogP contribution in [0.5, 0.6) is 11.5 Å². The molecule has 31 atom stereocenters. The summed E-state index contributed by atoms with van der Waals surface area (Å²) in [6, 6.07) is 2.29. The first-order chi connectivity index (χ1) is 43.5. The zero-order valence-corrected chi connectivity index (χ0v) is 53.4. The summed E-state index contributed by atoms with van der Waals surface area (Å²) in [6.45, 7) is 15.1. The topological polar surface area (TPSA) is 396 Å². The summed E-state index contributed by atoms with van der Waals surface area (Å²) < 4.78 is 136. The van der Waals surface area contributed by atoms with Crippen LogP contribution >= 0.6 is 0 Å².